The lowest BCUT2D eigenvalue weighted by Crippen LogP contribution is -1.97. The summed E-state index contributed by atoms with van der Waals surface area (Å²) in [7, 11) is 0. The average molecular weight is 164 g/mol. The third-order valence-electron chi connectivity index (χ3n) is 1.74. The molecule has 0 aliphatic rings. The van der Waals surface area contributed by atoms with E-state index in [4.69, 9.17) is 0 Å². The molecule has 1 heteroatoms. The van der Waals surface area contributed by atoms with E-state index in [0.29, 0.717) is 6.42 Å². The second kappa shape index (κ2) is 6.59. The van der Waals surface area contributed by atoms with Gasteiger partial charge in [-0.1, -0.05) is 37.8 Å². The van der Waals surface area contributed by atoms with E-state index in [-0.39, 0.29) is 5.92 Å². The Labute approximate surface area is 74.5 Å². The van der Waals surface area contributed by atoms with Gasteiger partial charge in [0, 0.05) is 6.42 Å². The Balaban J connectivity index is 4.31. The lowest BCUT2D eigenvalue weighted by molar-refractivity contribution is -0.108. The molecule has 12 heavy (non-hydrogen) atoms. The molecular formula is C11H16O. The molecule has 1 unspecified atom stereocenters. The van der Waals surface area contributed by atoms with Gasteiger partial charge in [0.25, 0.3) is 0 Å². The standard InChI is InChI=1S/C11H16O/c1-4-6-7-11(5-2)10(3)8-9-12/h4-7,9-10H,2,8H2,1,3H3/b6-4-,11-7+. The minimum Gasteiger partial charge on any atom is -0.303 e. The Morgan fingerprint density at radius 1 is 1.58 bits per heavy atom. The van der Waals surface area contributed by atoms with Crippen LogP contribution in [0.25, 0.3) is 0 Å². The van der Waals surface area contributed by atoms with Crippen molar-refractivity contribution >= 4 is 6.29 Å². The van der Waals surface area contributed by atoms with Crippen LogP contribution in [0.2, 0.25) is 0 Å². The predicted octanol–water partition coefficient (Wildman–Crippen LogP) is 2.90. The molecule has 0 fully saturated rings. The van der Waals surface area contributed by atoms with Crippen LogP contribution in [0.5, 0.6) is 0 Å². The van der Waals surface area contributed by atoms with E-state index in [1.807, 2.05) is 32.1 Å². The third kappa shape index (κ3) is 3.91. The molecule has 0 aromatic heterocycles. The van der Waals surface area contributed by atoms with Crippen molar-refractivity contribution in [1.29, 1.82) is 0 Å². The fraction of sp³-hybridized carbons (Fsp3) is 0.364. The highest BCUT2D eigenvalue weighted by atomic mass is 16.1. The smallest absolute Gasteiger partial charge is 0.120 e. The molecule has 0 saturated carbocycles. The van der Waals surface area contributed by atoms with Gasteiger partial charge in [0.1, 0.15) is 6.29 Å². The van der Waals surface area contributed by atoms with Crippen LogP contribution in [0.4, 0.5) is 0 Å². The first-order chi connectivity index (χ1) is 5.76. The molecule has 0 bridgehead atoms. The van der Waals surface area contributed by atoms with Crippen LogP contribution in [0, 0.1) is 5.92 Å². The van der Waals surface area contributed by atoms with Crippen LogP contribution in [0.3, 0.4) is 0 Å². The lowest BCUT2D eigenvalue weighted by Gasteiger charge is -2.07. The summed E-state index contributed by atoms with van der Waals surface area (Å²) in [6, 6.07) is 0. The molecule has 1 atom stereocenters. The minimum atomic E-state index is 0.274. The topological polar surface area (TPSA) is 17.1 Å². The zero-order valence-electron chi connectivity index (χ0n) is 7.79. The van der Waals surface area contributed by atoms with Crippen molar-refractivity contribution < 1.29 is 4.79 Å². The number of aldehydes is 1. The Hall–Kier alpha value is -1.11. The molecule has 0 heterocycles. The van der Waals surface area contributed by atoms with Crippen LogP contribution >= 0.6 is 0 Å². The van der Waals surface area contributed by atoms with E-state index in [1.54, 1.807) is 6.08 Å². The maximum Gasteiger partial charge on any atom is 0.120 e. The van der Waals surface area contributed by atoms with Crippen molar-refractivity contribution in [2.45, 2.75) is 20.3 Å². The SMILES string of the molecule is C=C/C(=C\C=C/C)C(C)CC=O. The minimum absolute atomic E-state index is 0.274. The second-order valence-corrected chi connectivity index (χ2v) is 2.70. The monoisotopic (exact) mass is 164 g/mol. The van der Waals surface area contributed by atoms with Gasteiger partial charge in [0.2, 0.25) is 0 Å². The molecule has 0 aliphatic heterocycles. The first-order valence-corrected chi connectivity index (χ1v) is 4.15. The highest BCUT2D eigenvalue weighted by Gasteiger charge is 2.02. The normalized spacial score (nSPS) is 14.7. The van der Waals surface area contributed by atoms with E-state index in [1.165, 1.54) is 0 Å². The summed E-state index contributed by atoms with van der Waals surface area (Å²) in [5, 5.41) is 0. The predicted molar refractivity (Wildman–Crippen MR) is 52.9 cm³/mol. The van der Waals surface area contributed by atoms with Gasteiger partial charge in [-0.3, -0.25) is 0 Å². The van der Waals surface area contributed by atoms with Gasteiger partial charge < -0.3 is 4.79 Å². The van der Waals surface area contributed by atoms with Gasteiger partial charge in [0.05, 0.1) is 0 Å². The number of rotatable bonds is 5. The van der Waals surface area contributed by atoms with Crippen molar-refractivity contribution in [3.8, 4) is 0 Å². The van der Waals surface area contributed by atoms with Crippen LogP contribution in [0.1, 0.15) is 20.3 Å². The zero-order chi connectivity index (χ0) is 9.40. The summed E-state index contributed by atoms with van der Waals surface area (Å²) in [6.45, 7) is 7.68. The number of allylic oxidation sites excluding steroid dienone is 5. The van der Waals surface area contributed by atoms with Crippen LogP contribution in [-0.2, 0) is 4.79 Å². The first-order valence-electron chi connectivity index (χ1n) is 4.15. The summed E-state index contributed by atoms with van der Waals surface area (Å²) in [5.41, 5.74) is 1.11. The molecule has 0 saturated heterocycles. The molecule has 0 amide bonds. The van der Waals surface area contributed by atoms with Gasteiger partial charge in [-0.2, -0.15) is 0 Å². The fourth-order valence-corrected chi connectivity index (χ4v) is 0.921. The summed E-state index contributed by atoms with van der Waals surface area (Å²) in [5.74, 6) is 0.274. The summed E-state index contributed by atoms with van der Waals surface area (Å²) in [6.07, 6.45) is 9.21. The van der Waals surface area contributed by atoms with Crippen molar-refractivity contribution in [3.63, 3.8) is 0 Å². The van der Waals surface area contributed by atoms with E-state index >= 15 is 0 Å². The van der Waals surface area contributed by atoms with Crippen molar-refractivity contribution in [3.05, 3.63) is 36.5 Å². The summed E-state index contributed by atoms with van der Waals surface area (Å²) < 4.78 is 0. The Kier molecular flexibility index (Phi) is 5.98. The highest BCUT2D eigenvalue weighted by molar-refractivity contribution is 5.51. The molecule has 1 nitrogen and oxygen atoms in total. The van der Waals surface area contributed by atoms with Gasteiger partial charge in [0.15, 0.2) is 0 Å². The molecular weight excluding hydrogens is 148 g/mol. The summed E-state index contributed by atoms with van der Waals surface area (Å²) >= 11 is 0. The Morgan fingerprint density at radius 2 is 2.25 bits per heavy atom. The maximum absolute atomic E-state index is 10.2. The molecule has 0 radical (unpaired) electrons. The molecule has 0 N–H and O–H groups in total. The number of carbonyl (C=O) groups is 1. The fourth-order valence-electron chi connectivity index (χ4n) is 0.921. The van der Waals surface area contributed by atoms with Crippen molar-refractivity contribution in [2.75, 3.05) is 0 Å². The third-order valence-corrected chi connectivity index (χ3v) is 1.74. The molecule has 66 valence electrons. The zero-order valence-corrected chi connectivity index (χ0v) is 7.79. The maximum atomic E-state index is 10.2. The molecule has 0 aromatic carbocycles. The number of carbonyl (C=O) groups excluding carboxylic acids is 1. The van der Waals surface area contributed by atoms with Crippen molar-refractivity contribution in [2.24, 2.45) is 5.92 Å². The van der Waals surface area contributed by atoms with Gasteiger partial charge >= 0.3 is 0 Å². The van der Waals surface area contributed by atoms with E-state index < -0.39 is 0 Å². The summed E-state index contributed by atoms with van der Waals surface area (Å²) in [4.78, 5) is 10.2. The van der Waals surface area contributed by atoms with E-state index in [9.17, 15) is 4.79 Å². The molecule has 0 aliphatic carbocycles. The number of hydrogen-bond acceptors (Lipinski definition) is 1. The second-order valence-electron chi connectivity index (χ2n) is 2.70. The van der Waals surface area contributed by atoms with E-state index in [0.717, 1.165) is 11.9 Å². The van der Waals surface area contributed by atoms with Crippen LogP contribution < -0.4 is 0 Å². The lowest BCUT2D eigenvalue weighted by atomic mass is 9.98. The molecule has 0 spiro atoms. The highest BCUT2D eigenvalue weighted by Crippen LogP contribution is 2.14. The molecule has 0 rings (SSSR count). The van der Waals surface area contributed by atoms with E-state index in [2.05, 4.69) is 6.58 Å². The van der Waals surface area contributed by atoms with Crippen LogP contribution in [0.15, 0.2) is 36.5 Å². The van der Waals surface area contributed by atoms with Gasteiger partial charge in [-0.25, -0.2) is 0 Å². The van der Waals surface area contributed by atoms with Gasteiger partial charge in [-0.05, 0) is 18.4 Å². The molecule has 0 aromatic rings. The number of hydrogen-bond donors (Lipinski definition) is 0. The Bertz CT molecular complexity index is 199. The largest absolute Gasteiger partial charge is 0.303 e. The van der Waals surface area contributed by atoms with Crippen LogP contribution in [-0.4, -0.2) is 6.29 Å². The average Bonchev–Trinajstić information content (AvgIpc) is 2.06. The first kappa shape index (κ1) is 10.9. The quantitative estimate of drug-likeness (QED) is 0.451. The van der Waals surface area contributed by atoms with Crippen molar-refractivity contribution in [1.82, 2.24) is 0 Å². The van der Waals surface area contributed by atoms with Gasteiger partial charge in [-0.15, -0.1) is 0 Å². The Morgan fingerprint density at radius 3 is 2.67 bits per heavy atom.